The summed E-state index contributed by atoms with van der Waals surface area (Å²) in [6, 6.07) is 1.12. The molecule has 0 heterocycles. The summed E-state index contributed by atoms with van der Waals surface area (Å²) in [4.78, 5) is 2.52. The molecule has 18 heavy (non-hydrogen) atoms. The average molecular weight is 254 g/mol. The smallest absolute Gasteiger partial charge is 0.00795 e. The molecular weight excluding hydrogens is 220 g/mol. The van der Waals surface area contributed by atoms with Crippen LogP contribution in [0.15, 0.2) is 0 Å². The fourth-order valence-corrected chi connectivity index (χ4v) is 3.33. The second-order valence-electron chi connectivity index (χ2n) is 6.82. The van der Waals surface area contributed by atoms with Gasteiger partial charge in [-0.15, -0.1) is 0 Å². The van der Waals surface area contributed by atoms with Gasteiger partial charge in [0, 0.05) is 18.6 Å². The minimum atomic E-state index is 0.427. The Morgan fingerprint density at radius 2 is 1.89 bits per heavy atom. The Bertz CT molecular complexity index is 227. The minimum absolute atomic E-state index is 0.427. The van der Waals surface area contributed by atoms with Crippen molar-refractivity contribution in [1.29, 1.82) is 0 Å². The van der Waals surface area contributed by atoms with Crippen LogP contribution in [0.3, 0.4) is 0 Å². The highest BCUT2D eigenvalue weighted by atomic mass is 15.1. The molecule has 0 aliphatic heterocycles. The highest BCUT2D eigenvalue weighted by molar-refractivity contribution is 4.85. The van der Waals surface area contributed by atoms with Crippen LogP contribution in [0.4, 0.5) is 0 Å². The van der Waals surface area contributed by atoms with E-state index in [0.29, 0.717) is 18.0 Å². The Hall–Kier alpha value is -0.0800. The van der Waals surface area contributed by atoms with Crippen molar-refractivity contribution < 1.29 is 0 Å². The van der Waals surface area contributed by atoms with E-state index in [1.54, 1.807) is 0 Å². The number of nitrogens with two attached hydrogens (primary N) is 1. The molecule has 0 bridgehead atoms. The van der Waals surface area contributed by atoms with Crippen LogP contribution in [-0.4, -0.2) is 30.6 Å². The normalized spacial score (nSPS) is 31.0. The van der Waals surface area contributed by atoms with Gasteiger partial charge in [-0.05, 0) is 57.4 Å². The van der Waals surface area contributed by atoms with Gasteiger partial charge in [-0.2, -0.15) is 0 Å². The molecule has 0 spiro atoms. The van der Waals surface area contributed by atoms with Crippen LogP contribution in [0.5, 0.6) is 0 Å². The molecule has 108 valence electrons. The molecule has 0 aromatic rings. The summed E-state index contributed by atoms with van der Waals surface area (Å²) < 4.78 is 0. The first-order valence-corrected chi connectivity index (χ1v) is 7.91. The third kappa shape index (κ3) is 4.55. The van der Waals surface area contributed by atoms with E-state index in [2.05, 4.69) is 39.6 Å². The van der Waals surface area contributed by atoms with E-state index in [1.807, 2.05) is 0 Å². The maximum Gasteiger partial charge on any atom is 0.00795 e. The summed E-state index contributed by atoms with van der Waals surface area (Å²) in [5.74, 6) is 2.42. The highest BCUT2D eigenvalue weighted by Crippen LogP contribution is 2.33. The Balaban J connectivity index is 2.47. The zero-order chi connectivity index (χ0) is 13.7. The van der Waals surface area contributed by atoms with E-state index in [9.17, 15) is 0 Å². The van der Waals surface area contributed by atoms with Gasteiger partial charge in [0.05, 0.1) is 0 Å². The molecule has 0 amide bonds. The van der Waals surface area contributed by atoms with Crippen molar-refractivity contribution in [3.8, 4) is 0 Å². The zero-order valence-corrected chi connectivity index (χ0v) is 13.2. The molecule has 4 unspecified atom stereocenters. The third-order valence-electron chi connectivity index (χ3n) is 5.01. The van der Waals surface area contributed by atoms with Crippen molar-refractivity contribution in [2.75, 3.05) is 13.6 Å². The summed E-state index contributed by atoms with van der Waals surface area (Å²) in [7, 11) is 2.27. The monoisotopic (exact) mass is 254 g/mol. The highest BCUT2D eigenvalue weighted by Gasteiger charge is 2.30. The fraction of sp³-hybridized carbons (Fsp3) is 1.00. The molecule has 2 heteroatoms. The van der Waals surface area contributed by atoms with Crippen LogP contribution in [0.25, 0.3) is 0 Å². The summed E-state index contributed by atoms with van der Waals surface area (Å²) >= 11 is 0. The molecule has 1 saturated carbocycles. The Labute approximate surface area is 114 Å². The Kier molecular flexibility index (Phi) is 6.65. The van der Waals surface area contributed by atoms with Crippen LogP contribution in [-0.2, 0) is 0 Å². The van der Waals surface area contributed by atoms with E-state index < -0.39 is 0 Å². The molecule has 2 N–H and O–H groups in total. The van der Waals surface area contributed by atoms with Gasteiger partial charge in [-0.1, -0.05) is 27.2 Å². The van der Waals surface area contributed by atoms with Gasteiger partial charge in [0.15, 0.2) is 0 Å². The van der Waals surface area contributed by atoms with Crippen molar-refractivity contribution in [2.24, 2.45) is 23.5 Å². The number of rotatable bonds is 6. The number of nitrogens with zero attached hydrogens (tertiary/aromatic N) is 1. The lowest BCUT2D eigenvalue weighted by molar-refractivity contribution is 0.129. The molecule has 1 aliphatic carbocycles. The Morgan fingerprint density at radius 3 is 2.44 bits per heavy atom. The summed E-state index contributed by atoms with van der Waals surface area (Å²) in [6.07, 6.45) is 6.47. The molecule has 0 aromatic heterocycles. The van der Waals surface area contributed by atoms with Crippen LogP contribution in [0.2, 0.25) is 0 Å². The summed E-state index contributed by atoms with van der Waals surface area (Å²) in [5, 5.41) is 0. The zero-order valence-electron chi connectivity index (χ0n) is 13.2. The molecule has 0 aromatic carbocycles. The fourth-order valence-electron chi connectivity index (χ4n) is 3.33. The predicted molar refractivity (Wildman–Crippen MR) is 80.6 cm³/mol. The molecule has 1 rings (SSSR count). The molecule has 1 fully saturated rings. The van der Waals surface area contributed by atoms with Crippen LogP contribution < -0.4 is 5.73 Å². The second kappa shape index (κ2) is 7.49. The molecule has 0 radical (unpaired) electrons. The predicted octanol–water partition coefficient (Wildman–Crippen LogP) is 3.51. The first-order valence-electron chi connectivity index (χ1n) is 7.91. The van der Waals surface area contributed by atoms with Crippen molar-refractivity contribution >= 4 is 0 Å². The molecule has 4 atom stereocenters. The largest absolute Gasteiger partial charge is 0.327 e. The molecule has 0 saturated heterocycles. The van der Waals surface area contributed by atoms with Crippen molar-refractivity contribution in [1.82, 2.24) is 4.90 Å². The van der Waals surface area contributed by atoms with Crippen LogP contribution >= 0.6 is 0 Å². The van der Waals surface area contributed by atoms with Gasteiger partial charge in [0.2, 0.25) is 0 Å². The van der Waals surface area contributed by atoms with E-state index in [0.717, 1.165) is 11.8 Å². The maximum atomic E-state index is 6.34. The summed E-state index contributed by atoms with van der Waals surface area (Å²) in [6.45, 7) is 10.5. The van der Waals surface area contributed by atoms with Gasteiger partial charge in [-0.3, -0.25) is 0 Å². The minimum Gasteiger partial charge on any atom is -0.327 e. The van der Waals surface area contributed by atoms with E-state index in [-0.39, 0.29) is 0 Å². The Morgan fingerprint density at radius 1 is 1.22 bits per heavy atom. The molecule has 2 nitrogen and oxygen atoms in total. The van der Waals surface area contributed by atoms with Gasteiger partial charge in [-0.25, -0.2) is 0 Å². The average Bonchev–Trinajstić information content (AvgIpc) is 2.31. The molecule has 1 aliphatic rings. The van der Waals surface area contributed by atoms with Gasteiger partial charge < -0.3 is 10.6 Å². The van der Waals surface area contributed by atoms with Crippen molar-refractivity contribution in [3.05, 3.63) is 0 Å². The quantitative estimate of drug-likeness (QED) is 0.786. The number of hydrogen-bond acceptors (Lipinski definition) is 2. The van der Waals surface area contributed by atoms with Crippen molar-refractivity contribution in [2.45, 2.75) is 71.9 Å². The van der Waals surface area contributed by atoms with Crippen LogP contribution in [0.1, 0.15) is 59.8 Å². The van der Waals surface area contributed by atoms with Crippen molar-refractivity contribution in [3.63, 3.8) is 0 Å². The lowest BCUT2D eigenvalue weighted by Gasteiger charge is -2.39. The van der Waals surface area contributed by atoms with E-state index >= 15 is 0 Å². The van der Waals surface area contributed by atoms with Gasteiger partial charge in [0.25, 0.3) is 0 Å². The number of hydrogen-bond donors (Lipinski definition) is 1. The standard InChI is InChI=1S/C16H34N2/c1-6-7-13(4)18(5)11-15-10-14(12(2)3)8-9-16(15)17/h12-16H,6-11,17H2,1-5H3. The SMILES string of the molecule is CCCC(C)N(C)CC1CC(C(C)C)CCC1N. The summed E-state index contributed by atoms with van der Waals surface area (Å²) in [5.41, 5.74) is 6.34. The first kappa shape index (κ1) is 16.0. The molecular formula is C16H34N2. The first-order chi connectivity index (χ1) is 8.45. The second-order valence-corrected chi connectivity index (χ2v) is 6.82. The van der Waals surface area contributed by atoms with Gasteiger partial charge in [0.1, 0.15) is 0 Å². The van der Waals surface area contributed by atoms with E-state index in [1.165, 1.54) is 38.6 Å². The third-order valence-corrected chi connectivity index (χ3v) is 5.01. The maximum absolute atomic E-state index is 6.34. The lowest BCUT2D eigenvalue weighted by atomic mass is 9.73. The van der Waals surface area contributed by atoms with Crippen LogP contribution in [0, 0.1) is 17.8 Å². The lowest BCUT2D eigenvalue weighted by Crippen LogP contribution is -2.44. The topological polar surface area (TPSA) is 29.3 Å². The van der Waals surface area contributed by atoms with E-state index in [4.69, 9.17) is 5.73 Å². The van der Waals surface area contributed by atoms with Gasteiger partial charge >= 0.3 is 0 Å².